The summed E-state index contributed by atoms with van der Waals surface area (Å²) in [5.41, 5.74) is 1.03. The minimum atomic E-state index is -1.05. The Kier molecular flexibility index (Phi) is 7.03. The van der Waals surface area contributed by atoms with Crippen molar-refractivity contribution in [1.29, 1.82) is 0 Å². The van der Waals surface area contributed by atoms with Crippen LogP contribution in [0.3, 0.4) is 0 Å². The summed E-state index contributed by atoms with van der Waals surface area (Å²) in [7, 11) is 1.53. The Bertz CT molecular complexity index is 488. The van der Waals surface area contributed by atoms with E-state index in [9.17, 15) is 9.59 Å². The molecule has 0 unspecified atom stereocenters. The number of rotatable bonds is 9. The Labute approximate surface area is 122 Å². The molecular weight excluding hydrogens is 278 g/mol. The molecule has 0 aromatic heterocycles. The number of aryl methyl sites for hydroxylation is 1. The van der Waals surface area contributed by atoms with Gasteiger partial charge in [0.05, 0.1) is 13.7 Å². The minimum absolute atomic E-state index is 0.131. The zero-order valence-corrected chi connectivity index (χ0v) is 12.0. The van der Waals surface area contributed by atoms with E-state index in [-0.39, 0.29) is 32.3 Å². The average molecular weight is 297 g/mol. The lowest BCUT2D eigenvalue weighted by atomic mass is 10.2. The third-order valence-corrected chi connectivity index (χ3v) is 2.47. The van der Waals surface area contributed by atoms with Gasteiger partial charge in [-0.15, -0.1) is 0 Å². The summed E-state index contributed by atoms with van der Waals surface area (Å²) in [4.78, 5) is 21.7. The van der Waals surface area contributed by atoms with E-state index in [1.807, 2.05) is 19.1 Å². The number of aliphatic carboxylic acids is 1. The van der Waals surface area contributed by atoms with Crippen molar-refractivity contribution in [3.63, 3.8) is 0 Å². The highest BCUT2D eigenvalue weighted by atomic mass is 16.5. The number of benzene rings is 1. The molecule has 0 saturated heterocycles. The van der Waals surface area contributed by atoms with Crippen LogP contribution in [-0.4, -0.2) is 50.5 Å². The summed E-state index contributed by atoms with van der Waals surface area (Å²) in [6.45, 7) is 1.74. The smallest absolute Gasteiger partial charge is 0.329 e. The molecule has 1 rings (SSSR count). The van der Waals surface area contributed by atoms with Gasteiger partial charge in [0.1, 0.15) is 6.61 Å². The molecule has 0 aliphatic carbocycles. The van der Waals surface area contributed by atoms with Gasteiger partial charge in [-0.1, -0.05) is 6.07 Å². The van der Waals surface area contributed by atoms with Crippen molar-refractivity contribution in [2.45, 2.75) is 6.92 Å². The molecule has 0 aliphatic heterocycles. The third kappa shape index (κ3) is 6.62. The SMILES string of the molecule is COc1cc(C)ccc1OCC(=O)NCCOCC(=O)O. The number of carbonyl (C=O) groups is 2. The van der Waals surface area contributed by atoms with Crippen LogP contribution in [0.4, 0.5) is 0 Å². The van der Waals surface area contributed by atoms with Crippen molar-refractivity contribution in [2.24, 2.45) is 0 Å². The Morgan fingerprint density at radius 1 is 1.24 bits per heavy atom. The first kappa shape index (κ1) is 16.8. The zero-order chi connectivity index (χ0) is 15.7. The first-order valence-electron chi connectivity index (χ1n) is 6.36. The minimum Gasteiger partial charge on any atom is -0.493 e. The Morgan fingerprint density at radius 2 is 2.00 bits per heavy atom. The van der Waals surface area contributed by atoms with Gasteiger partial charge in [-0.05, 0) is 24.6 Å². The number of amides is 1. The average Bonchev–Trinajstić information content (AvgIpc) is 2.45. The van der Waals surface area contributed by atoms with Gasteiger partial charge in [-0.3, -0.25) is 4.79 Å². The van der Waals surface area contributed by atoms with Crippen LogP contribution in [0.1, 0.15) is 5.56 Å². The first-order chi connectivity index (χ1) is 10.0. The Hall–Kier alpha value is -2.28. The quantitative estimate of drug-likeness (QED) is 0.648. The predicted molar refractivity (Wildman–Crippen MR) is 74.7 cm³/mol. The van der Waals surface area contributed by atoms with E-state index in [1.54, 1.807) is 6.07 Å². The number of carbonyl (C=O) groups excluding carboxylic acids is 1. The van der Waals surface area contributed by atoms with Crippen molar-refractivity contribution in [3.05, 3.63) is 23.8 Å². The van der Waals surface area contributed by atoms with Crippen molar-refractivity contribution in [2.75, 3.05) is 33.5 Å². The van der Waals surface area contributed by atoms with Crippen LogP contribution in [0, 0.1) is 6.92 Å². The predicted octanol–water partition coefficient (Wildman–Crippen LogP) is 0.600. The fourth-order valence-corrected chi connectivity index (χ4v) is 1.51. The fourth-order valence-electron chi connectivity index (χ4n) is 1.51. The van der Waals surface area contributed by atoms with Crippen LogP contribution in [0.25, 0.3) is 0 Å². The van der Waals surface area contributed by atoms with Crippen LogP contribution >= 0.6 is 0 Å². The van der Waals surface area contributed by atoms with Crippen molar-refractivity contribution in [3.8, 4) is 11.5 Å². The molecule has 0 saturated carbocycles. The molecule has 7 nitrogen and oxygen atoms in total. The molecule has 0 atom stereocenters. The Balaban J connectivity index is 2.28. The molecule has 1 aromatic rings. The summed E-state index contributed by atoms with van der Waals surface area (Å²) >= 11 is 0. The lowest BCUT2D eigenvalue weighted by Crippen LogP contribution is -2.32. The van der Waals surface area contributed by atoms with Crippen LogP contribution in [0.5, 0.6) is 11.5 Å². The second kappa shape index (κ2) is 8.80. The molecule has 116 valence electrons. The molecule has 0 radical (unpaired) electrons. The monoisotopic (exact) mass is 297 g/mol. The van der Waals surface area contributed by atoms with Crippen molar-refractivity contribution >= 4 is 11.9 Å². The topological polar surface area (TPSA) is 94.1 Å². The molecule has 0 spiro atoms. The molecule has 0 heterocycles. The summed E-state index contributed by atoms with van der Waals surface area (Å²) in [5.74, 6) is -0.319. The second-order valence-corrected chi connectivity index (χ2v) is 4.24. The number of carboxylic acid groups (broad SMARTS) is 1. The van der Waals surface area contributed by atoms with Crippen LogP contribution in [0.15, 0.2) is 18.2 Å². The Morgan fingerprint density at radius 3 is 2.67 bits per heavy atom. The highest BCUT2D eigenvalue weighted by Crippen LogP contribution is 2.27. The van der Waals surface area contributed by atoms with Gasteiger partial charge in [0, 0.05) is 6.54 Å². The highest BCUT2D eigenvalue weighted by molar-refractivity contribution is 5.77. The maximum atomic E-state index is 11.5. The van der Waals surface area contributed by atoms with Gasteiger partial charge in [-0.2, -0.15) is 0 Å². The van der Waals surface area contributed by atoms with E-state index in [4.69, 9.17) is 19.3 Å². The van der Waals surface area contributed by atoms with Gasteiger partial charge >= 0.3 is 5.97 Å². The fraction of sp³-hybridized carbons (Fsp3) is 0.429. The molecule has 0 aliphatic rings. The normalized spacial score (nSPS) is 10.0. The molecule has 21 heavy (non-hydrogen) atoms. The third-order valence-electron chi connectivity index (χ3n) is 2.47. The molecule has 0 bridgehead atoms. The number of hydrogen-bond donors (Lipinski definition) is 2. The van der Waals surface area contributed by atoms with Crippen molar-refractivity contribution < 1.29 is 28.9 Å². The van der Waals surface area contributed by atoms with E-state index in [0.717, 1.165) is 5.56 Å². The number of hydrogen-bond acceptors (Lipinski definition) is 5. The highest BCUT2D eigenvalue weighted by Gasteiger charge is 2.07. The lowest BCUT2D eigenvalue weighted by Gasteiger charge is -2.11. The first-order valence-corrected chi connectivity index (χ1v) is 6.36. The van der Waals surface area contributed by atoms with Gasteiger partial charge in [-0.25, -0.2) is 4.79 Å². The summed E-state index contributed by atoms with van der Waals surface area (Å²) < 4.78 is 15.3. The van der Waals surface area contributed by atoms with E-state index in [2.05, 4.69) is 5.32 Å². The number of nitrogens with one attached hydrogen (secondary N) is 1. The van der Waals surface area contributed by atoms with E-state index < -0.39 is 5.97 Å². The van der Waals surface area contributed by atoms with Gasteiger partial charge in [0.15, 0.2) is 18.1 Å². The summed E-state index contributed by atoms with van der Waals surface area (Å²) in [6, 6.07) is 5.40. The second-order valence-electron chi connectivity index (χ2n) is 4.24. The zero-order valence-electron chi connectivity index (χ0n) is 12.0. The standard InChI is InChI=1S/C14H19NO6/c1-10-3-4-11(12(7-10)19-2)21-8-13(16)15-5-6-20-9-14(17)18/h3-4,7H,5-6,8-9H2,1-2H3,(H,15,16)(H,17,18). The maximum absolute atomic E-state index is 11.5. The lowest BCUT2D eigenvalue weighted by molar-refractivity contribution is -0.142. The maximum Gasteiger partial charge on any atom is 0.329 e. The number of carboxylic acids is 1. The largest absolute Gasteiger partial charge is 0.493 e. The van der Waals surface area contributed by atoms with Crippen LogP contribution in [-0.2, 0) is 14.3 Å². The van der Waals surface area contributed by atoms with Gasteiger partial charge in [0.2, 0.25) is 0 Å². The number of ether oxygens (including phenoxy) is 3. The molecule has 1 amide bonds. The summed E-state index contributed by atoms with van der Waals surface area (Å²) in [5, 5.41) is 10.9. The molecule has 0 fully saturated rings. The molecule has 1 aromatic carbocycles. The van der Waals surface area contributed by atoms with Gasteiger partial charge < -0.3 is 24.6 Å². The molecular formula is C14H19NO6. The van der Waals surface area contributed by atoms with Gasteiger partial charge in [0.25, 0.3) is 5.91 Å². The van der Waals surface area contributed by atoms with E-state index in [1.165, 1.54) is 7.11 Å². The summed E-state index contributed by atoms with van der Waals surface area (Å²) in [6.07, 6.45) is 0. The molecule has 7 heteroatoms. The van der Waals surface area contributed by atoms with Crippen LogP contribution in [0.2, 0.25) is 0 Å². The van der Waals surface area contributed by atoms with E-state index >= 15 is 0 Å². The van der Waals surface area contributed by atoms with Crippen LogP contribution < -0.4 is 14.8 Å². The van der Waals surface area contributed by atoms with E-state index in [0.29, 0.717) is 11.5 Å². The number of methoxy groups -OCH3 is 1. The van der Waals surface area contributed by atoms with Crippen molar-refractivity contribution in [1.82, 2.24) is 5.32 Å². The molecule has 2 N–H and O–H groups in total.